The van der Waals surface area contributed by atoms with Gasteiger partial charge in [0, 0.05) is 5.69 Å². The molecule has 0 saturated carbocycles. The lowest BCUT2D eigenvalue weighted by molar-refractivity contribution is -0.118. The van der Waals surface area contributed by atoms with Crippen LogP contribution in [0.3, 0.4) is 0 Å². The molecule has 2 aromatic carbocycles. The van der Waals surface area contributed by atoms with E-state index in [1.54, 1.807) is 6.07 Å². The molecule has 0 saturated heterocycles. The lowest BCUT2D eigenvalue weighted by Crippen LogP contribution is -2.20. The summed E-state index contributed by atoms with van der Waals surface area (Å²) < 4.78 is 18.4. The van der Waals surface area contributed by atoms with Crippen molar-refractivity contribution in [2.75, 3.05) is 17.7 Å². The van der Waals surface area contributed by atoms with E-state index in [4.69, 9.17) is 10.5 Å². The summed E-state index contributed by atoms with van der Waals surface area (Å²) >= 11 is 0. The highest BCUT2D eigenvalue weighted by Gasteiger charge is 2.06. The predicted molar refractivity (Wildman–Crippen MR) is 80.8 cm³/mol. The van der Waals surface area contributed by atoms with Gasteiger partial charge in [0.05, 0.1) is 5.69 Å². The number of carbonyl (C=O) groups is 1. The Labute approximate surface area is 122 Å². The van der Waals surface area contributed by atoms with Crippen LogP contribution in [-0.4, -0.2) is 12.5 Å². The largest absolute Gasteiger partial charge is 0.484 e. The second-order valence-corrected chi connectivity index (χ2v) is 4.57. The number of nitrogens with one attached hydrogen (secondary N) is 1. The number of hydrogen-bond donors (Lipinski definition) is 2. The Balaban J connectivity index is 1.91. The van der Waals surface area contributed by atoms with Gasteiger partial charge in [-0.1, -0.05) is 19.1 Å². The van der Waals surface area contributed by atoms with Gasteiger partial charge in [-0.3, -0.25) is 4.79 Å². The van der Waals surface area contributed by atoms with Crippen LogP contribution < -0.4 is 15.8 Å². The molecule has 3 N–H and O–H groups in total. The first-order chi connectivity index (χ1) is 10.1. The fourth-order valence-corrected chi connectivity index (χ4v) is 1.82. The van der Waals surface area contributed by atoms with Crippen LogP contribution in [0, 0.1) is 5.82 Å². The SMILES string of the molecule is CCc1cccc(OCC(=O)Nc2ccc(F)c(N)c2)c1. The highest BCUT2D eigenvalue weighted by molar-refractivity contribution is 5.92. The number of hydrogen-bond acceptors (Lipinski definition) is 3. The van der Waals surface area contributed by atoms with Gasteiger partial charge >= 0.3 is 0 Å². The standard InChI is InChI=1S/C16H17FN2O2/c1-2-11-4-3-5-13(8-11)21-10-16(20)19-12-6-7-14(17)15(18)9-12/h3-9H,2,10,18H2,1H3,(H,19,20). The number of benzene rings is 2. The normalized spacial score (nSPS) is 10.2. The molecule has 2 rings (SSSR count). The number of carbonyl (C=O) groups excluding carboxylic acids is 1. The maximum Gasteiger partial charge on any atom is 0.262 e. The molecule has 0 aliphatic heterocycles. The molecule has 1 amide bonds. The fourth-order valence-electron chi connectivity index (χ4n) is 1.82. The highest BCUT2D eigenvalue weighted by atomic mass is 19.1. The summed E-state index contributed by atoms with van der Waals surface area (Å²) in [6.07, 6.45) is 0.901. The number of halogens is 1. The molecule has 5 heteroatoms. The molecule has 0 atom stereocenters. The van der Waals surface area contributed by atoms with Crippen molar-refractivity contribution in [3.8, 4) is 5.75 Å². The summed E-state index contributed by atoms with van der Waals surface area (Å²) in [4.78, 5) is 11.8. The summed E-state index contributed by atoms with van der Waals surface area (Å²) in [7, 11) is 0. The first kappa shape index (κ1) is 14.8. The smallest absolute Gasteiger partial charge is 0.262 e. The second kappa shape index (κ2) is 6.74. The monoisotopic (exact) mass is 288 g/mol. The Morgan fingerprint density at radius 1 is 1.29 bits per heavy atom. The molecule has 0 radical (unpaired) electrons. The molecule has 0 aliphatic carbocycles. The minimum Gasteiger partial charge on any atom is -0.484 e. The molecule has 0 unspecified atom stereocenters. The predicted octanol–water partition coefficient (Wildman–Crippen LogP) is 2.99. The Morgan fingerprint density at radius 3 is 2.81 bits per heavy atom. The van der Waals surface area contributed by atoms with Crippen LogP contribution >= 0.6 is 0 Å². The zero-order chi connectivity index (χ0) is 15.2. The van der Waals surface area contributed by atoms with Crippen molar-refractivity contribution in [3.63, 3.8) is 0 Å². The first-order valence-electron chi connectivity index (χ1n) is 6.65. The number of ether oxygens (including phenoxy) is 1. The summed E-state index contributed by atoms with van der Waals surface area (Å²) in [5.74, 6) is -0.202. The van der Waals surface area contributed by atoms with E-state index in [1.165, 1.54) is 18.2 Å². The molecule has 0 fully saturated rings. The van der Waals surface area contributed by atoms with Gasteiger partial charge in [0.15, 0.2) is 6.61 Å². The third kappa shape index (κ3) is 4.21. The van der Waals surface area contributed by atoms with Crippen molar-refractivity contribution in [3.05, 3.63) is 53.8 Å². The van der Waals surface area contributed by atoms with Gasteiger partial charge in [-0.05, 0) is 42.3 Å². The third-order valence-electron chi connectivity index (χ3n) is 2.96. The Hall–Kier alpha value is -2.56. The van der Waals surface area contributed by atoms with E-state index in [-0.39, 0.29) is 18.2 Å². The maximum absolute atomic E-state index is 13.0. The van der Waals surface area contributed by atoms with E-state index in [0.29, 0.717) is 11.4 Å². The van der Waals surface area contributed by atoms with Crippen LogP contribution in [0.25, 0.3) is 0 Å². The molecule has 110 valence electrons. The maximum atomic E-state index is 13.0. The lowest BCUT2D eigenvalue weighted by atomic mass is 10.2. The number of nitrogen functional groups attached to an aromatic ring is 1. The Kier molecular flexibility index (Phi) is 4.77. The zero-order valence-corrected chi connectivity index (χ0v) is 11.7. The van der Waals surface area contributed by atoms with E-state index in [9.17, 15) is 9.18 Å². The molecule has 0 aromatic heterocycles. The Bertz CT molecular complexity index is 644. The van der Waals surface area contributed by atoms with Crippen molar-refractivity contribution >= 4 is 17.3 Å². The second-order valence-electron chi connectivity index (χ2n) is 4.57. The van der Waals surface area contributed by atoms with Crippen molar-refractivity contribution in [1.82, 2.24) is 0 Å². The summed E-state index contributed by atoms with van der Waals surface area (Å²) in [6.45, 7) is 1.93. The van der Waals surface area contributed by atoms with E-state index in [0.717, 1.165) is 12.0 Å². The van der Waals surface area contributed by atoms with Gasteiger partial charge in [-0.2, -0.15) is 0 Å². The van der Waals surface area contributed by atoms with E-state index < -0.39 is 5.82 Å². The van der Waals surface area contributed by atoms with Crippen molar-refractivity contribution in [1.29, 1.82) is 0 Å². The van der Waals surface area contributed by atoms with Crippen molar-refractivity contribution in [2.24, 2.45) is 0 Å². The molecule has 0 heterocycles. The third-order valence-corrected chi connectivity index (χ3v) is 2.96. The molecule has 21 heavy (non-hydrogen) atoms. The van der Waals surface area contributed by atoms with E-state index >= 15 is 0 Å². The van der Waals surface area contributed by atoms with Crippen LogP contribution in [0.4, 0.5) is 15.8 Å². The molecular weight excluding hydrogens is 271 g/mol. The van der Waals surface area contributed by atoms with Gasteiger partial charge in [0.1, 0.15) is 11.6 Å². The zero-order valence-electron chi connectivity index (χ0n) is 11.7. The lowest BCUT2D eigenvalue weighted by Gasteiger charge is -2.09. The van der Waals surface area contributed by atoms with Gasteiger partial charge in [-0.25, -0.2) is 4.39 Å². The minimum atomic E-state index is -0.513. The quantitative estimate of drug-likeness (QED) is 0.831. The molecular formula is C16H17FN2O2. The number of rotatable bonds is 5. The number of aryl methyl sites for hydroxylation is 1. The average Bonchev–Trinajstić information content (AvgIpc) is 2.49. The van der Waals surface area contributed by atoms with Gasteiger partial charge < -0.3 is 15.8 Å². The average molecular weight is 288 g/mol. The topological polar surface area (TPSA) is 64.3 Å². The van der Waals surface area contributed by atoms with Crippen LogP contribution in [0.5, 0.6) is 5.75 Å². The first-order valence-corrected chi connectivity index (χ1v) is 6.65. The van der Waals surface area contributed by atoms with E-state index in [2.05, 4.69) is 5.32 Å². The van der Waals surface area contributed by atoms with Crippen LogP contribution in [0.15, 0.2) is 42.5 Å². The highest BCUT2D eigenvalue weighted by Crippen LogP contribution is 2.17. The number of nitrogens with two attached hydrogens (primary N) is 1. The molecule has 4 nitrogen and oxygen atoms in total. The molecule has 2 aromatic rings. The van der Waals surface area contributed by atoms with Crippen LogP contribution in [0.2, 0.25) is 0 Å². The summed E-state index contributed by atoms with van der Waals surface area (Å²) in [5, 5.41) is 2.60. The minimum absolute atomic E-state index is 0.00985. The van der Waals surface area contributed by atoms with Gasteiger partial charge in [0.25, 0.3) is 5.91 Å². The Morgan fingerprint density at radius 2 is 2.10 bits per heavy atom. The fraction of sp³-hybridized carbons (Fsp3) is 0.188. The van der Waals surface area contributed by atoms with E-state index in [1.807, 2.05) is 25.1 Å². The number of amides is 1. The van der Waals surface area contributed by atoms with Crippen LogP contribution in [-0.2, 0) is 11.2 Å². The molecule has 0 aliphatic rings. The number of anilines is 2. The van der Waals surface area contributed by atoms with Crippen molar-refractivity contribution < 1.29 is 13.9 Å². The molecule has 0 bridgehead atoms. The molecule has 0 spiro atoms. The summed E-state index contributed by atoms with van der Waals surface area (Å²) in [5.41, 5.74) is 7.00. The van der Waals surface area contributed by atoms with Crippen molar-refractivity contribution in [2.45, 2.75) is 13.3 Å². The van der Waals surface area contributed by atoms with Gasteiger partial charge in [-0.15, -0.1) is 0 Å². The van der Waals surface area contributed by atoms with Gasteiger partial charge in [0.2, 0.25) is 0 Å². The summed E-state index contributed by atoms with van der Waals surface area (Å²) in [6, 6.07) is 11.6. The van der Waals surface area contributed by atoms with Crippen LogP contribution in [0.1, 0.15) is 12.5 Å².